The molecular weight excluding hydrogens is 334 g/mol. The Balaban J connectivity index is 1.55. The lowest BCUT2D eigenvalue weighted by Gasteiger charge is -2.23. The van der Waals surface area contributed by atoms with Gasteiger partial charge in [-0.15, -0.1) is 0 Å². The van der Waals surface area contributed by atoms with E-state index in [4.69, 9.17) is 0 Å². The van der Waals surface area contributed by atoms with Gasteiger partial charge in [0.1, 0.15) is 5.82 Å². The summed E-state index contributed by atoms with van der Waals surface area (Å²) in [6, 6.07) is 20.4. The lowest BCUT2D eigenvalue weighted by Crippen LogP contribution is -2.25. The topological polar surface area (TPSA) is 45.2 Å². The van der Waals surface area contributed by atoms with Gasteiger partial charge in [-0.25, -0.2) is 4.98 Å². The van der Waals surface area contributed by atoms with Crippen LogP contribution >= 0.6 is 0 Å². The number of rotatable bonds is 4. The highest BCUT2D eigenvalue weighted by Gasteiger charge is 2.27. The second-order valence-corrected chi connectivity index (χ2v) is 6.92. The molecule has 3 aromatic rings. The Kier molecular flexibility index (Phi) is 4.63. The number of carbonyl (C=O) groups is 1. The summed E-state index contributed by atoms with van der Waals surface area (Å²) in [6.45, 7) is 4.28. The second kappa shape index (κ2) is 7.23. The molecule has 1 aliphatic rings. The minimum absolute atomic E-state index is 0.134. The Hall–Kier alpha value is -3.14. The number of aryl methyl sites for hydroxylation is 1. The van der Waals surface area contributed by atoms with Crippen molar-refractivity contribution in [3.8, 4) is 0 Å². The fourth-order valence-corrected chi connectivity index (χ4v) is 3.72. The summed E-state index contributed by atoms with van der Waals surface area (Å²) < 4.78 is 0. The van der Waals surface area contributed by atoms with Crippen molar-refractivity contribution in [2.45, 2.75) is 32.7 Å². The maximum absolute atomic E-state index is 12.6. The monoisotopic (exact) mass is 357 g/mol. The van der Waals surface area contributed by atoms with Crippen LogP contribution in [0.2, 0.25) is 0 Å². The second-order valence-electron chi connectivity index (χ2n) is 6.92. The van der Waals surface area contributed by atoms with Crippen LogP contribution in [0.25, 0.3) is 0 Å². The molecule has 4 rings (SSSR count). The molecule has 0 bridgehead atoms. The van der Waals surface area contributed by atoms with Gasteiger partial charge < -0.3 is 10.2 Å². The molecule has 0 radical (unpaired) electrons. The molecule has 1 aromatic heterocycles. The van der Waals surface area contributed by atoms with E-state index in [1.54, 1.807) is 6.20 Å². The summed E-state index contributed by atoms with van der Waals surface area (Å²) in [5.41, 5.74) is 5.08. The van der Waals surface area contributed by atoms with E-state index < -0.39 is 0 Å². The van der Waals surface area contributed by atoms with Gasteiger partial charge >= 0.3 is 0 Å². The lowest BCUT2D eigenvalue weighted by molar-refractivity contribution is 0.102. The first kappa shape index (κ1) is 17.3. The SMILES string of the molecule is CCc1ccccc1NC(=O)c1ccc(N2c3ccccc3CC2C)nc1. The molecule has 1 N–H and O–H groups in total. The maximum Gasteiger partial charge on any atom is 0.257 e. The van der Waals surface area contributed by atoms with E-state index >= 15 is 0 Å². The van der Waals surface area contributed by atoms with Gasteiger partial charge in [-0.1, -0.05) is 43.3 Å². The Bertz CT molecular complexity index is 965. The van der Waals surface area contributed by atoms with Crippen LogP contribution in [0, 0.1) is 0 Å². The number of aromatic nitrogens is 1. The number of para-hydroxylation sites is 2. The first-order valence-electron chi connectivity index (χ1n) is 9.40. The zero-order valence-corrected chi connectivity index (χ0v) is 15.6. The zero-order valence-electron chi connectivity index (χ0n) is 15.6. The molecule has 136 valence electrons. The van der Waals surface area contributed by atoms with Crippen molar-refractivity contribution in [1.82, 2.24) is 4.98 Å². The van der Waals surface area contributed by atoms with Crippen molar-refractivity contribution < 1.29 is 4.79 Å². The molecule has 4 nitrogen and oxygen atoms in total. The van der Waals surface area contributed by atoms with Gasteiger partial charge in [0.05, 0.1) is 5.56 Å². The molecule has 0 saturated heterocycles. The van der Waals surface area contributed by atoms with E-state index in [1.165, 1.54) is 11.3 Å². The van der Waals surface area contributed by atoms with Gasteiger partial charge in [0, 0.05) is 23.6 Å². The number of fused-ring (bicyclic) bond motifs is 1. The summed E-state index contributed by atoms with van der Waals surface area (Å²) in [4.78, 5) is 19.4. The van der Waals surface area contributed by atoms with Crippen LogP contribution in [0.15, 0.2) is 66.9 Å². The maximum atomic E-state index is 12.6. The molecule has 1 atom stereocenters. The van der Waals surface area contributed by atoms with Gasteiger partial charge in [0.25, 0.3) is 5.91 Å². The summed E-state index contributed by atoms with van der Waals surface area (Å²) >= 11 is 0. The first-order chi connectivity index (χ1) is 13.2. The van der Waals surface area contributed by atoms with Crippen LogP contribution < -0.4 is 10.2 Å². The predicted octanol–water partition coefficient (Wildman–Crippen LogP) is 4.98. The van der Waals surface area contributed by atoms with Crippen molar-refractivity contribution in [3.63, 3.8) is 0 Å². The van der Waals surface area contributed by atoms with Crippen molar-refractivity contribution >= 4 is 23.1 Å². The first-order valence-corrected chi connectivity index (χ1v) is 9.40. The highest BCUT2D eigenvalue weighted by atomic mass is 16.1. The number of carbonyl (C=O) groups excluding carboxylic acids is 1. The minimum atomic E-state index is -0.134. The average Bonchev–Trinajstić information content (AvgIpc) is 3.04. The number of hydrogen-bond donors (Lipinski definition) is 1. The number of nitrogens with zero attached hydrogens (tertiary/aromatic N) is 2. The zero-order chi connectivity index (χ0) is 18.8. The number of hydrogen-bond acceptors (Lipinski definition) is 3. The molecule has 4 heteroatoms. The van der Waals surface area contributed by atoms with Crippen LogP contribution in [0.4, 0.5) is 17.2 Å². The quantitative estimate of drug-likeness (QED) is 0.716. The average molecular weight is 357 g/mol. The summed E-state index contributed by atoms with van der Waals surface area (Å²) in [7, 11) is 0. The highest BCUT2D eigenvalue weighted by molar-refractivity contribution is 6.04. The summed E-state index contributed by atoms with van der Waals surface area (Å²) in [5.74, 6) is 0.739. The smallest absolute Gasteiger partial charge is 0.257 e. The molecule has 0 spiro atoms. The fourth-order valence-electron chi connectivity index (χ4n) is 3.72. The normalized spacial score (nSPS) is 15.5. The van der Waals surface area contributed by atoms with E-state index in [9.17, 15) is 4.79 Å². The Labute approximate surface area is 159 Å². The number of amides is 1. The standard InChI is InChI=1S/C23H23N3O/c1-3-17-8-4-6-10-20(17)25-23(27)19-12-13-22(24-15-19)26-16(2)14-18-9-5-7-11-21(18)26/h4-13,15-16H,3,14H2,1-2H3,(H,25,27). The van der Waals surface area contributed by atoms with Gasteiger partial charge in [0.15, 0.2) is 0 Å². The van der Waals surface area contributed by atoms with E-state index in [1.807, 2.05) is 36.4 Å². The lowest BCUT2D eigenvalue weighted by atomic mass is 10.1. The van der Waals surface area contributed by atoms with E-state index in [0.717, 1.165) is 29.9 Å². The van der Waals surface area contributed by atoms with Crippen LogP contribution in [-0.4, -0.2) is 16.9 Å². The molecule has 2 heterocycles. The van der Waals surface area contributed by atoms with Crippen LogP contribution in [-0.2, 0) is 12.8 Å². The molecule has 1 aliphatic heterocycles. The molecule has 27 heavy (non-hydrogen) atoms. The third kappa shape index (κ3) is 3.31. The third-order valence-electron chi connectivity index (χ3n) is 5.11. The largest absolute Gasteiger partial charge is 0.323 e. The number of anilines is 3. The van der Waals surface area contributed by atoms with Gasteiger partial charge in [-0.05, 0) is 55.2 Å². The van der Waals surface area contributed by atoms with Crippen LogP contribution in [0.1, 0.15) is 35.3 Å². The van der Waals surface area contributed by atoms with Crippen molar-refractivity contribution in [2.75, 3.05) is 10.2 Å². The van der Waals surface area contributed by atoms with Crippen molar-refractivity contribution in [2.24, 2.45) is 0 Å². The number of benzene rings is 2. The third-order valence-corrected chi connectivity index (χ3v) is 5.11. The van der Waals surface area contributed by atoms with E-state index in [0.29, 0.717) is 11.6 Å². The molecule has 1 amide bonds. The van der Waals surface area contributed by atoms with Crippen LogP contribution in [0.3, 0.4) is 0 Å². The Morgan fingerprint density at radius 1 is 1.11 bits per heavy atom. The van der Waals surface area contributed by atoms with Crippen molar-refractivity contribution in [3.05, 3.63) is 83.6 Å². The number of nitrogens with one attached hydrogen (secondary N) is 1. The van der Waals surface area contributed by atoms with Gasteiger partial charge in [-0.2, -0.15) is 0 Å². The summed E-state index contributed by atoms with van der Waals surface area (Å²) in [6.07, 6.45) is 3.54. The molecule has 0 fully saturated rings. The van der Waals surface area contributed by atoms with Crippen LogP contribution in [0.5, 0.6) is 0 Å². The summed E-state index contributed by atoms with van der Waals surface area (Å²) in [5, 5.41) is 3.00. The Morgan fingerprint density at radius 3 is 2.67 bits per heavy atom. The molecular formula is C23H23N3O. The molecule has 1 unspecified atom stereocenters. The van der Waals surface area contributed by atoms with Gasteiger partial charge in [-0.3, -0.25) is 4.79 Å². The number of pyridine rings is 1. The van der Waals surface area contributed by atoms with Crippen molar-refractivity contribution in [1.29, 1.82) is 0 Å². The molecule has 2 aromatic carbocycles. The van der Waals surface area contributed by atoms with E-state index in [2.05, 4.69) is 53.3 Å². The minimum Gasteiger partial charge on any atom is -0.323 e. The predicted molar refractivity (Wildman–Crippen MR) is 110 cm³/mol. The highest BCUT2D eigenvalue weighted by Crippen LogP contribution is 2.37. The molecule has 0 saturated carbocycles. The molecule has 0 aliphatic carbocycles. The fraction of sp³-hybridized carbons (Fsp3) is 0.217. The van der Waals surface area contributed by atoms with Gasteiger partial charge in [0.2, 0.25) is 0 Å². The van der Waals surface area contributed by atoms with E-state index in [-0.39, 0.29) is 5.91 Å². The Morgan fingerprint density at radius 2 is 1.89 bits per heavy atom.